The average Bonchev–Trinajstić information content (AvgIpc) is 2.85. The molecule has 0 saturated carbocycles. The molecule has 0 radical (unpaired) electrons. The van der Waals surface area contributed by atoms with Crippen molar-refractivity contribution in [3.63, 3.8) is 0 Å². The highest BCUT2D eigenvalue weighted by atomic mass is 32.2. The number of nitrogens with zero attached hydrogens (tertiary/aromatic N) is 3. The van der Waals surface area contributed by atoms with Gasteiger partial charge in [-0.3, -0.25) is 0 Å². The van der Waals surface area contributed by atoms with Gasteiger partial charge in [-0.15, -0.1) is 0 Å². The minimum absolute atomic E-state index is 0.347. The summed E-state index contributed by atoms with van der Waals surface area (Å²) in [4.78, 5) is 9.05. The van der Waals surface area contributed by atoms with Gasteiger partial charge in [-0.1, -0.05) is 11.8 Å². The molecule has 0 atom stereocenters. The number of anilines is 1. The van der Waals surface area contributed by atoms with Gasteiger partial charge in [0.25, 0.3) is 0 Å². The molecule has 1 N–H and O–H groups in total. The Morgan fingerprint density at radius 3 is 2.28 bits per heavy atom. The molecule has 0 saturated heterocycles. The van der Waals surface area contributed by atoms with Crippen LogP contribution in [-0.2, 0) is 0 Å². The van der Waals surface area contributed by atoms with Crippen LogP contribution in [0.5, 0.6) is 23.0 Å². The molecule has 1 aromatic heterocycles. The number of methoxy groups -OCH3 is 3. The van der Waals surface area contributed by atoms with Crippen molar-refractivity contribution in [3.05, 3.63) is 48.0 Å². The van der Waals surface area contributed by atoms with Crippen LogP contribution in [0.25, 0.3) is 11.3 Å². The van der Waals surface area contributed by atoms with Gasteiger partial charge in [-0.2, -0.15) is 5.26 Å². The molecule has 2 aromatic carbocycles. The van der Waals surface area contributed by atoms with E-state index < -0.39 is 0 Å². The monoisotopic (exact) mass is 452 g/mol. The molecule has 0 aliphatic carbocycles. The predicted octanol–water partition coefficient (Wildman–Crippen LogP) is 4.25. The number of nitrogens with one attached hydrogen (secondary N) is 1. The quantitative estimate of drug-likeness (QED) is 0.275. The largest absolute Gasteiger partial charge is 0.497 e. The number of hydrogen-bond acceptors (Lipinski definition) is 9. The van der Waals surface area contributed by atoms with Gasteiger partial charge in [-0.05, 0) is 48.7 Å². The Bertz CT molecular complexity index is 1100. The number of thioether (sulfide) groups is 1. The molecule has 8 nitrogen and oxygen atoms in total. The number of rotatable bonds is 10. The maximum atomic E-state index is 9.86. The van der Waals surface area contributed by atoms with Crippen molar-refractivity contribution in [1.82, 2.24) is 9.97 Å². The van der Waals surface area contributed by atoms with E-state index in [1.54, 1.807) is 33.5 Å². The van der Waals surface area contributed by atoms with Crippen LogP contribution in [0.2, 0.25) is 0 Å². The van der Waals surface area contributed by atoms with Gasteiger partial charge >= 0.3 is 0 Å². The van der Waals surface area contributed by atoms with E-state index in [-0.39, 0.29) is 0 Å². The topological polar surface area (TPSA) is 98.5 Å². The van der Waals surface area contributed by atoms with Gasteiger partial charge in [0.1, 0.15) is 35.6 Å². The van der Waals surface area contributed by atoms with E-state index in [9.17, 15) is 5.26 Å². The number of benzene rings is 2. The van der Waals surface area contributed by atoms with E-state index in [0.29, 0.717) is 46.9 Å². The molecule has 32 heavy (non-hydrogen) atoms. The van der Waals surface area contributed by atoms with E-state index in [2.05, 4.69) is 21.4 Å². The van der Waals surface area contributed by atoms with Crippen LogP contribution >= 0.6 is 11.8 Å². The molecule has 1 heterocycles. The van der Waals surface area contributed by atoms with Gasteiger partial charge in [0, 0.05) is 5.56 Å². The van der Waals surface area contributed by atoms with Crippen LogP contribution in [0.1, 0.15) is 5.56 Å². The average molecular weight is 453 g/mol. The van der Waals surface area contributed by atoms with Crippen LogP contribution in [0.4, 0.5) is 5.82 Å². The van der Waals surface area contributed by atoms with E-state index in [1.807, 2.05) is 36.6 Å². The molecule has 0 spiro atoms. The van der Waals surface area contributed by atoms with E-state index in [4.69, 9.17) is 18.9 Å². The van der Waals surface area contributed by atoms with Gasteiger partial charge in [-0.25, -0.2) is 9.97 Å². The maximum absolute atomic E-state index is 9.86. The lowest BCUT2D eigenvalue weighted by molar-refractivity contribution is 0.331. The number of nitriles is 1. The standard InChI is InChI=1S/C23H24N4O4S/c1-28-16-6-8-17(9-7-16)31-12-11-25-22-18(14-24)21(26-23(27-22)32-4)15-5-10-19(29-2)20(13-15)30-3/h5-10,13H,11-12H2,1-4H3,(H,25,26,27). The highest BCUT2D eigenvalue weighted by Crippen LogP contribution is 2.35. The van der Waals surface area contributed by atoms with Crippen molar-refractivity contribution in [1.29, 1.82) is 5.26 Å². The first-order valence-corrected chi connectivity index (χ1v) is 10.9. The zero-order valence-electron chi connectivity index (χ0n) is 18.3. The van der Waals surface area contributed by atoms with Gasteiger partial charge < -0.3 is 24.3 Å². The molecular weight excluding hydrogens is 428 g/mol. The SMILES string of the molecule is COc1ccc(OCCNc2nc(SC)nc(-c3ccc(OC)c(OC)c3)c2C#N)cc1. The fraction of sp³-hybridized carbons (Fsp3) is 0.261. The van der Waals surface area contributed by atoms with E-state index in [0.717, 1.165) is 17.1 Å². The number of ether oxygens (including phenoxy) is 4. The Balaban J connectivity index is 1.81. The highest BCUT2D eigenvalue weighted by Gasteiger charge is 2.17. The lowest BCUT2D eigenvalue weighted by Crippen LogP contribution is -2.14. The molecule has 0 aliphatic rings. The van der Waals surface area contributed by atoms with Gasteiger partial charge in [0.2, 0.25) is 0 Å². The molecule has 9 heteroatoms. The van der Waals surface area contributed by atoms with E-state index >= 15 is 0 Å². The molecular formula is C23H24N4O4S. The van der Waals surface area contributed by atoms with E-state index in [1.165, 1.54) is 11.8 Å². The first-order valence-electron chi connectivity index (χ1n) is 9.72. The second-order valence-corrected chi connectivity index (χ2v) is 7.19. The Hall–Kier alpha value is -3.64. The zero-order chi connectivity index (χ0) is 22.9. The Kier molecular flexibility index (Phi) is 8.00. The molecule has 0 fully saturated rings. The fourth-order valence-corrected chi connectivity index (χ4v) is 3.33. The maximum Gasteiger partial charge on any atom is 0.189 e. The van der Waals surface area contributed by atoms with Crippen LogP contribution < -0.4 is 24.3 Å². The van der Waals surface area contributed by atoms with Crippen molar-refractivity contribution < 1.29 is 18.9 Å². The summed E-state index contributed by atoms with van der Waals surface area (Å²) in [5.74, 6) is 3.10. The minimum Gasteiger partial charge on any atom is -0.497 e. The summed E-state index contributed by atoms with van der Waals surface area (Å²) in [7, 11) is 4.76. The lowest BCUT2D eigenvalue weighted by atomic mass is 10.1. The van der Waals surface area contributed by atoms with Gasteiger partial charge in [0.05, 0.1) is 33.6 Å². The van der Waals surface area contributed by atoms with Crippen molar-refractivity contribution in [2.45, 2.75) is 5.16 Å². The molecule has 166 valence electrons. The van der Waals surface area contributed by atoms with Crippen LogP contribution in [-0.4, -0.2) is 50.7 Å². The second-order valence-electron chi connectivity index (χ2n) is 6.41. The molecule has 3 rings (SSSR count). The Morgan fingerprint density at radius 1 is 0.938 bits per heavy atom. The number of aromatic nitrogens is 2. The summed E-state index contributed by atoms with van der Waals surface area (Å²) >= 11 is 1.40. The minimum atomic E-state index is 0.347. The van der Waals surface area contributed by atoms with Crippen molar-refractivity contribution in [2.75, 3.05) is 46.1 Å². The molecule has 3 aromatic rings. The Morgan fingerprint density at radius 2 is 1.66 bits per heavy atom. The third-order valence-corrected chi connectivity index (χ3v) is 5.11. The summed E-state index contributed by atoms with van der Waals surface area (Å²) < 4.78 is 21.6. The third-order valence-electron chi connectivity index (χ3n) is 4.56. The van der Waals surface area contributed by atoms with Crippen LogP contribution in [0, 0.1) is 11.3 Å². The summed E-state index contributed by atoms with van der Waals surface area (Å²) in [5.41, 5.74) is 1.60. The summed E-state index contributed by atoms with van der Waals surface area (Å²) in [6, 6.07) is 15.0. The van der Waals surface area contributed by atoms with Crippen molar-refractivity contribution in [3.8, 4) is 40.3 Å². The highest BCUT2D eigenvalue weighted by molar-refractivity contribution is 7.98. The van der Waals surface area contributed by atoms with Crippen LogP contribution in [0.3, 0.4) is 0 Å². The summed E-state index contributed by atoms with van der Waals surface area (Å²) in [6.45, 7) is 0.846. The molecule has 0 unspecified atom stereocenters. The third kappa shape index (κ3) is 5.34. The summed E-state index contributed by atoms with van der Waals surface area (Å²) in [5, 5.41) is 13.6. The van der Waals surface area contributed by atoms with Gasteiger partial charge in [0.15, 0.2) is 16.7 Å². The smallest absolute Gasteiger partial charge is 0.189 e. The first kappa shape index (κ1) is 23.0. The van der Waals surface area contributed by atoms with Crippen molar-refractivity contribution >= 4 is 17.6 Å². The lowest BCUT2D eigenvalue weighted by Gasteiger charge is -2.14. The summed E-state index contributed by atoms with van der Waals surface area (Å²) in [6.07, 6.45) is 1.89. The fourth-order valence-electron chi connectivity index (χ4n) is 2.97. The molecule has 0 amide bonds. The normalized spacial score (nSPS) is 10.2. The Labute approximate surface area is 191 Å². The van der Waals surface area contributed by atoms with Crippen LogP contribution in [0.15, 0.2) is 47.6 Å². The molecule has 0 bridgehead atoms. The van der Waals surface area contributed by atoms with Crippen molar-refractivity contribution in [2.24, 2.45) is 0 Å². The molecule has 0 aliphatic heterocycles. The first-order chi connectivity index (χ1) is 15.6. The predicted molar refractivity (Wildman–Crippen MR) is 124 cm³/mol. The zero-order valence-corrected chi connectivity index (χ0v) is 19.2. The number of hydrogen-bond donors (Lipinski definition) is 1. The second kappa shape index (κ2) is 11.1.